The maximum absolute atomic E-state index is 13.9. The lowest BCUT2D eigenvalue weighted by Crippen LogP contribution is -2.40. The summed E-state index contributed by atoms with van der Waals surface area (Å²) in [5.41, 5.74) is 5.16. The van der Waals surface area contributed by atoms with Gasteiger partial charge in [-0.05, 0) is 84.5 Å². The number of allylic oxidation sites excluding steroid dienone is 2. The minimum atomic E-state index is -3.26. The number of nitrogens with one attached hydrogen (secondary N) is 2. The minimum absolute atomic E-state index is 0.0127. The first-order valence-electron chi connectivity index (χ1n) is 9.63. The number of fused-ring (bicyclic) bond motifs is 1. The fourth-order valence-corrected chi connectivity index (χ4v) is 4.07. The summed E-state index contributed by atoms with van der Waals surface area (Å²) < 4.78 is 37.3. The number of sulfone groups is 1. The van der Waals surface area contributed by atoms with Gasteiger partial charge in [0.2, 0.25) is 0 Å². The SMILES string of the molecule is CC1=C(CNC(=O)NC(C)C)c2cc(F)ccc2C1=Cc1ccc(S(C)(=O)=O)cc1. The number of carbonyl (C=O) groups excluding carboxylic acids is 1. The number of hydrogen-bond acceptors (Lipinski definition) is 3. The lowest BCUT2D eigenvalue weighted by atomic mass is 10.0. The number of rotatable bonds is 5. The van der Waals surface area contributed by atoms with Gasteiger partial charge in [0.15, 0.2) is 9.84 Å². The van der Waals surface area contributed by atoms with Gasteiger partial charge >= 0.3 is 6.03 Å². The van der Waals surface area contributed by atoms with E-state index >= 15 is 0 Å². The van der Waals surface area contributed by atoms with E-state index < -0.39 is 9.84 Å². The molecule has 2 amide bonds. The molecule has 0 aliphatic heterocycles. The summed E-state index contributed by atoms with van der Waals surface area (Å²) in [7, 11) is -3.26. The monoisotopic (exact) mass is 428 g/mol. The summed E-state index contributed by atoms with van der Waals surface area (Å²) in [6, 6.07) is 11.0. The first-order chi connectivity index (χ1) is 14.1. The van der Waals surface area contributed by atoms with E-state index in [2.05, 4.69) is 10.6 Å². The van der Waals surface area contributed by atoms with E-state index in [1.54, 1.807) is 30.3 Å². The molecule has 1 aliphatic rings. The van der Waals surface area contributed by atoms with E-state index in [-0.39, 0.29) is 29.3 Å². The van der Waals surface area contributed by atoms with Gasteiger partial charge < -0.3 is 10.6 Å². The van der Waals surface area contributed by atoms with Crippen LogP contribution in [0.15, 0.2) is 52.9 Å². The van der Waals surface area contributed by atoms with E-state index in [9.17, 15) is 17.6 Å². The Labute approximate surface area is 176 Å². The Hall–Kier alpha value is -2.93. The molecular weight excluding hydrogens is 403 g/mol. The van der Waals surface area contributed by atoms with Gasteiger partial charge in [-0.15, -0.1) is 0 Å². The summed E-state index contributed by atoms with van der Waals surface area (Å²) in [6.45, 7) is 5.96. The van der Waals surface area contributed by atoms with Gasteiger partial charge in [-0.1, -0.05) is 18.2 Å². The van der Waals surface area contributed by atoms with Crippen LogP contribution in [0.1, 0.15) is 37.5 Å². The van der Waals surface area contributed by atoms with Crippen LogP contribution >= 0.6 is 0 Å². The van der Waals surface area contributed by atoms with E-state index in [1.165, 1.54) is 18.4 Å². The Morgan fingerprint density at radius 2 is 1.77 bits per heavy atom. The van der Waals surface area contributed by atoms with Crippen molar-refractivity contribution >= 4 is 33.1 Å². The van der Waals surface area contributed by atoms with E-state index in [1.807, 2.05) is 26.8 Å². The molecule has 2 aromatic carbocycles. The zero-order valence-electron chi connectivity index (χ0n) is 17.4. The topological polar surface area (TPSA) is 75.3 Å². The normalized spacial score (nSPS) is 14.9. The van der Waals surface area contributed by atoms with E-state index in [0.717, 1.165) is 33.4 Å². The Morgan fingerprint density at radius 3 is 2.37 bits per heavy atom. The van der Waals surface area contributed by atoms with Crippen molar-refractivity contribution in [2.75, 3.05) is 12.8 Å². The van der Waals surface area contributed by atoms with Crippen molar-refractivity contribution < 1.29 is 17.6 Å². The summed E-state index contributed by atoms with van der Waals surface area (Å²) in [5, 5.41) is 5.61. The van der Waals surface area contributed by atoms with Gasteiger partial charge in [0.1, 0.15) is 5.82 Å². The summed E-state index contributed by atoms with van der Waals surface area (Å²) in [6.07, 6.45) is 3.11. The standard InChI is InChI=1S/C23H25FN2O3S/c1-14(2)26-23(27)25-13-22-15(3)20(19-10-7-17(24)12-21(19)22)11-16-5-8-18(9-6-16)30(4,28)29/h5-12,14H,13H2,1-4H3,(H2,25,26,27). The number of benzene rings is 2. The zero-order valence-corrected chi connectivity index (χ0v) is 18.2. The Kier molecular flexibility index (Phi) is 6.12. The van der Waals surface area contributed by atoms with Crippen molar-refractivity contribution in [3.05, 3.63) is 70.5 Å². The molecule has 0 saturated carbocycles. The van der Waals surface area contributed by atoms with Crippen molar-refractivity contribution in [2.24, 2.45) is 0 Å². The molecule has 1 aliphatic carbocycles. The molecule has 3 rings (SSSR count). The van der Waals surface area contributed by atoms with Gasteiger partial charge in [0, 0.05) is 18.8 Å². The number of amides is 2. The van der Waals surface area contributed by atoms with E-state index in [4.69, 9.17) is 0 Å². The minimum Gasteiger partial charge on any atom is -0.336 e. The van der Waals surface area contributed by atoms with Crippen molar-refractivity contribution in [3.63, 3.8) is 0 Å². The zero-order chi connectivity index (χ0) is 22.1. The van der Waals surface area contributed by atoms with Gasteiger partial charge in [-0.2, -0.15) is 0 Å². The number of urea groups is 1. The van der Waals surface area contributed by atoms with Crippen LogP contribution in [0, 0.1) is 5.82 Å². The van der Waals surface area contributed by atoms with Crippen LogP contribution in [0.3, 0.4) is 0 Å². The number of carbonyl (C=O) groups is 1. The van der Waals surface area contributed by atoms with Crippen molar-refractivity contribution in [2.45, 2.75) is 31.7 Å². The predicted molar refractivity (Wildman–Crippen MR) is 118 cm³/mol. The third-order valence-corrected chi connectivity index (χ3v) is 6.05. The lowest BCUT2D eigenvalue weighted by Gasteiger charge is -2.12. The van der Waals surface area contributed by atoms with Gasteiger partial charge in [-0.25, -0.2) is 17.6 Å². The molecule has 5 nitrogen and oxygen atoms in total. The van der Waals surface area contributed by atoms with E-state index in [0.29, 0.717) is 0 Å². The maximum Gasteiger partial charge on any atom is 0.315 e. The molecule has 7 heteroatoms. The highest BCUT2D eigenvalue weighted by Gasteiger charge is 2.24. The van der Waals surface area contributed by atoms with Crippen LogP contribution in [0.2, 0.25) is 0 Å². The molecule has 0 bridgehead atoms. The molecule has 0 fully saturated rings. The molecule has 0 heterocycles. The summed E-state index contributed by atoms with van der Waals surface area (Å²) in [4.78, 5) is 12.3. The molecule has 2 N–H and O–H groups in total. The molecule has 30 heavy (non-hydrogen) atoms. The molecular formula is C23H25FN2O3S. The van der Waals surface area contributed by atoms with Crippen LogP contribution in [0.25, 0.3) is 17.2 Å². The lowest BCUT2D eigenvalue weighted by molar-refractivity contribution is 0.239. The quantitative estimate of drug-likeness (QED) is 0.747. The van der Waals surface area contributed by atoms with Gasteiger partial charge in [0.25, 0.3) is 0 Å². The fourth-order valence-electron chi connectivity index (χ4n) is 3.44. The molecule has 0 spiro atoms. The van der Waals surface area contributed by atoms with Gasteiger partial charge in [0.05, 0.1) is 4.90 Å². The number of hydrogen-bond donors (Lipinski definition) is 2. The Bertz CT molecular complexity index is 1150. The van der Waals surface area contributed by atoms with Gasteiger partial charge in [-0.3, -0.25) is 0 Å². The highest BCUT2D eigenvalue weighted by molar-refractivity contribution is 7.90. The molecule has 0 unspecified atom stereocenters. The predicted octanol–water partition coefficient (Wildman–Crippen LogP) is 4.26. The van der Waals surface area contributed by atoms with Crippen LogP contribution in [0.4, 0.5) is 9.18 Å². The molecule has 0 aromatic heterocycles. The van der Waals surface area contributed by atoms with Crippen molar-refractivity contribution in [3.8, 4) is 0 Å². The third-order valence-electron chi connectivity index (χ3n) is 4.92. The molecule has 0 saturated heterocycles. The Balaban J connectivity index is 1.97. The van der Waals surface area contributed by atoms with Crippen LogP contribution in [-0.4, -0.2) is 33.3 Å². The van der Waals surface area contributed by atoms with Crippen LogP contribution in [-0.2, 0) is 9.84 Å². The smallest absolute Gasteiger partial charge is 0.315 e. The van der Waals surface area contributed by atoms with Crippen molar-refractivity contribution in [1.29, 1.82) is 0 Å². The second-order valence-electron chi connectivity index (χ2n) is 7.67. The molecule has 0 radical (unpaired) electrons. The maximum atomic E-state index is 13.9. The average Bonchev–Trinajstić information content (AvgIpc) is 2.90. The fraction of sp³-hybridized carbons (Fsp3) is 0.261. The summed E-state index contributed by atoms with van der Waals surface area (Å²) in [5.74, 6) is -0.343. The molecule has 158 valence electrons. The average molecular weight is 429 g/mol. The van der Waals surface area contributed by atoms with Crippen LogP contribution in [0.5, 0.6) is 0 Å². The molecule has 0 atom stereocenters. The third kappa shape index (κ3) is 4.79. The molecule has 2 aromatic rings. The second-order valence-corrected chi connectivity index (χ2v) is 9.69. The first-order valence-corrected chi connectivity index (χ1v) is 11.5. The second kappa shape index (κ2) is 8.44. The van der Waals surface area contributed by atoms with Crippen molar-refractivity contribution in [1.82, 2.24) is 10.6 Å². The van der Waals surface area contributed by atoms with Crippen LogP contribution < -0.4 is 10.6 Å². The first kappa shape index (κ1) is 21.8. The highest BCUT2D eigenvalue weighted by Crippen LogP contribution is 2.42. The summed E-state index contributed by atoms with van der Waals surface area (Å²) >= 11 is 0. The highest BCUT2D eigenvalue weighted by atomic mass is 32.2. The number of halogens is 1. The Morgan fingerprint density at radius 1 is 1.10 bits per heavy atom. The largest absolute Gasteiger partial charge is 0.336 e.